The van der Waals surface area contributed by atoms with Crippen LogP contribution in [0.25, 0.3) is 22.3 Å². The standard InChI is InChI=1S/C18H18N2O3S/c1-4-13-11(2)24-18-19-17(12-7-5-6-8-15(12)23-3)14(20(13)18)9-10-16(21)22/h5-10H,4H2,1-3H3,(H,21,22)/b10-9+. The van der Waals surface area contributed by atoms with Gasteiger partial charge in [0, 0.05) is 22.2 Å². The van der Waals surface area contributed by atoms with E-state index in [0.29, 0.717) is 5.75 Å². The van der Waals surface area contributed by atoms with Gasteiger partial charge in [0.1, 0.15) is 11.4 Å². The van der Waals surface area contributed by atoms with Crippen LogP contribution in [-0.4, -0.2) is 27.6 Å². The number of thiazole rings is 1. The number of nitrogens with zero attached hydrogens (tertiary/aromatic N) is 2. The van der Waals surface area contributed by atoms with Gasteiger partial charge < -0.3 is 9.84 Å². The van der Waals surface area contributed by atoms with Crippen LogP contribution >= 0.6 is 11.3 Å². The van der Waals surface area contributed by atoms with E-state index in [1.165, 1.54) is 4.88 Å². The molecule has 1 N–H and O–H groups in total. The molecule has 0 bridgehead atoms. The van der Waals surface area contributed by atoms with Gasteiger partial charge in [0.05, 0.1) is 12.8 Å². The minimum atomic E-state index is -0.985. The number of methoxy groups -OCH3 is 1. The fourth-order valence-electron chi connectivity index (χ4n) is 2.84. The molecule has 0 aliphatic rings. The zero-order valence-electron chi connectivity index (χ0n) is 13.7. The smallest absolute Gasteiger partial charge is 0.328 e. The molecule has 2 aromatic heterocycles. The minimum absolute atomic E-state index is 0.711. The predicted octanol–water partition coefficient (Wildman–Crippen LogP) is 4.04. The zero-order valence-corrected chi connectivity index (χ0v) is 14.6. The quantitative estimate of drug-likeness (QED) is 0.711. The molecule has 0 saturated heterocycles. The first-order chi connectivity index (χ1) is 11.6. The number of ether oxygens (including phenoxy) is 1. The number of para-hydroxylation sites is 1. The van der Waals surface area contributed by atoms with E-state index in [0.717, 1.165) is 40.1 Å². The van der Waals surface area contributed by atoms with Gasteiger partial charge in [-0.25, -0.2) is 9.78 Å². The summed E-state index contributed by atoms with van der Waals surface area (Å²) in [5, 5.41) is 9.04. The summed E-state index contributed by atoms with van der Waals surface area (Å²) >= 11 is 1.61. The number of aromatic nitrogens is 2. The zero-order chi connectivity index (χ0) is 17.3. The van der Waals surface area contributed by atoms with E-state index in [9.17, 15) is 4.79 Å². The van der Waals surface area contributed by atoms with Crippen LogP contribution in [0.4, 0.5) is 0 Å². The van der Waals surface area contributed by atoms with Crippen molar-refractivity contribution in [1.29, 1.82) is 0 Å². The highest BCUT2D eigenvalue weighted by Gasteiger charge is 2.20. The van der Waals surface area contributed by atoms with Crippen LogP contribution in [0.2, 0.25) is 0 Å². The summed E-state index contributed by atoms with van der Waals surface area (Å²) in [6.07, 6.45) is 3.60. The lowest BCUT2D eigenvalue weighted by atomic mass is 10.1. The van der Waals surface area contributed by atoms with Crippen molar-refractivity contribution in [1.82, 2.24) is 9.38 Å². The van der Waals surface area contributed by atoms with E-state index >= 15 is 0 Å². The number of imidazole rings is 1. The first-order valence-electron chi connectivity index (χ1n) is 7.62. The number of benzene rings is 1. The van der Waals surface area contributed by atoms with Crippen molar-refractivity contribution in [2.24, 2.45) is 0 Å². The molecule has 2 heterocycles. The largest absolute Gasteiger partial charge is 0.496 e. The Balaban J connectivity index is 2.33. The summed E-state index contributed by atoms with van der Waals surface area (Å²) < 4.78 is 7.49. The number of carboxylic acid groups (broad SMARTS) is 1. The summed E-state index contributed by atoms with van der Waals surface area (Å²) in [5.74, 6) is -0.274. The van der Waals surface area contributed by atoms with Crippen LogP contribution < -0.4 is 4.74 Å². The van der Waals surface area contributed by atoms with Crippen LogP contribution in [0.15, 0.2) is 30.3 Å². The molecule has 3 rings (SSSR count). The minimum Gasteiger partial charge on any atom is -0.496 e. The molecule has 124 valence electrons. The van der Waals surface area contributed by atoms with Crippen molar-refractivity contribution in [2.45, 2.75) is 20.3 Å². The van der Waals surface area contributed by atoms with Gasteiger partial charge in [0.15, 0.2) is 4.96 Å². The van der Waals surface area contributed by atoms with E-state index < -0.39 is 5.97 Å². The molecule has 0 spiro atoms. The molecule has 6 heteroatoms. The number of carbonyl (C=O) groups is 1. The molecule has 0 fully saturated rings. The maximum Gasteiger partial charge on any atom is 0.328 e. The Morgan fingerprint density at radius 3 is 2.83 bits per heavy atom. The third-order valence-corrected chi connectivity index (χ3v) is 4.88. The molecule has 0 aliphatic carbocycles. The topological polar surface area (TPSA) is 63.8 Å². The van der Waals surface area contributed by atoms with Crippen LogP contribution in [0.1, 0.15) is 23.2 Å². The fraction of sp³-hybridized carbons (Fsp3) is 0.222. The van der Waals surface area contributed by atoms with Crippen molar-refractivity contribution in [3.63, 3.8) is 0 Å². The third-order valence-electron chi connectivity index (χ3n) is 3.88. The van der Waals surface area contributed by atoms with Crippen molar-refractivity contribution >= 4 is 28.3 Å². The molecular formula is C18H18N2O3S. The van der Waals surface area contributed by atoms with Gasteiger partial charge in [0.2, 0.25) is 0 Å². The molecule has 0 saturated carbocycles. The van der Waals surface area contributed by atoms with Crippen molar-refractivity contribution in [3.8, 4) is 17.0 Å². The lowest BCUT2D eigenvalue weighted by Crippen LogP contribution is -1.96. The average Bonchev–Trinajstić information content (AvgIpc) is 3.06. The monoisotopic (exact) mass is 342 g/mol. The van der Waals surface area contributed by atoms with Crippen LogP contribution in [-0.2, 0) is 11.2 Å². The normalized spacial score (nSPS) is 11.5. The Kier molecular flexibility index (Phi) is 4.40. The first-order valence-corrected chi connectivity index (χ1v) is 8.43. The number of aryl methyl sites for hydroxylation is 2. The molecule has 0 amide bonds. The predicted molar refractivity (Wildman–Crippen MR) is 95.8 cm³/mol. The summed E-state index contributed by atoms with van der Waals surface area (Å²) in [6, 6.07) is 7.62. The summed E-state index contributed by atoms with van der Waals surface area (Å²) in [5.41, 5.74) is 3.48. The van der Waals surface area contributed by atoms with Gasteiger partial charge in [0.25, 0.3) is 0 Å². The van der Waals surface area contributed by atoms with Crippen molar-refractivity contribution < 1.29 is 14.6 Å². The van der Waals surface area contributed by atoms with Crippen molar-refractivity contribution in [2.75, 3.05) is 7.11 Å². The van der Waals surface area contributed by atoms with Gasteiger partial charge in [-0.1, -0.05) is 19.1 Å². The Bertz CT molecular complexity index is 937. The number of aliphatic carboxylic acids is 1. The molecule has 5 nitrogen and oxygen atoms in total. The average molecular weight is 342 g/mol. The van der Waals surface area contributed by atoms with Crippen LogP contribution in [0.5, 0.6) is 5.75 Å². The van der Waals surface area contributed by atoms with E-state index in [1.54, 1.807) is 24.5 Å². The van der Waals surface area contributed by atoms with Crippen LogP contribution in [0, 0.1) is 6.92 Å². The van der Waals surface area contributed by atoms with Gasteiger partial charge in [-0.2, -0.15) is 0 Å². The van der Waals surface area contributed by atoms with Gasteiger partial charge >= 0.3 is 5.97 Å². The van der Waals surface area contributed by atoms with Gasteiger partial charge in [-0.15, -0.1) is 11.3 Å². The molecule has 0 atom stereocenters. The highest BCUT2D eigenvalue weighted by atomic mass is 32.1. The highest BCUT2D eigenvalue weighted by molar-refractivity contribution is 7.17. The maximum absolute atomic E-state index is 11.0. The first kappa shape index (κ1) is 16.3. The van der Waals surface area contributed by atoms with E-state index in [4.69, 9.17) is 14.8 Å². The lowest BCUT2D eigenvalue weighted by molar-refractivity contribution is -0.131. The Hall–Kier alpha value is -2.60. The molecule has 1 aromatic carbocycles. The Morgan fingerprint density at radius 1 is 1.42 bits per heavy atom. The summed E-state index contributed by atoms with van der Waals surface area (Å²) in [6.45, 7) is 4.15. The summed E-state index contributed by atoms with van der Waals surface area (Å²) in [4.78, 5) is 17.8. The maximum atomic E-state index is 11.0. The number of hydrogen-bond acceptors (Lipinski definition) is 4. The highest BCUT2D eigenvalue weighted by Crippen LogP contribution is 2.36. The van der Waals surface area contributed by atoms with E-state index in [-0.39, 0.29) is 0 Å². The molecule has 0 aliphatic heterocycles. The van der Waals surface area contributed by atoms with Crippen molar-refractivity contribution in [3.05, 3.63) is 46.6 Å². The lowest BCUT2D eigenvalue weighted by Gasteiger charge is -2.07. The molecule has 3 aromatic rings. The number of rotatable bonds is 5. The third kappa shape index (κ3) is 2.69. The fourth-order valence-corrected chi connectivity index (χ4v) is 3.91. The second-order valence-electron chi connectivity index (χ2n) is 5.29. The second kappa shape index (κ2) is 6.49. The van der Waals surface area contributed by atoms with Gasteiger partial charge in [-0.05, 0) is 31.6 Å². The van der Waals surface area contributed by atoms with E-state index in [1.807, 2.05) is 28.7 Å². The number of carboxylic acids is 1. The number of hydrogen-bond donors (Lipinski definition) is 1. The summed E-state index contributed by atoms with van der Waals surface area (Å²) in [7, 11) is 1.62. The second-order valence-corrected chi connectivity index (χ2v) is 6.48. The van der Waals surface area contributed by atoms with E-state index in [2.05, 4.69) is 13.8 Å². The molecule has 0 unspecified atom stereocenters. The molecule has 0 radical (unpaired) electrons. The van der Waals surface area contributed by atoms with Gasteiger partial charge in [-0.3, -0.25) is 4.40 Å². The van der Waals surface area contributed by atoms with Crippen LogP contribution in [0.3, 0.4) is 0 Å². The Labute approximate surface area is 143 Å². The number of fused-ring (bicyclic) bond motifs is 1. The molecular weight excluding hydrogens is 324 g/mol. The molecule has 24 heavy (non-hydrogen) atoms. The Morgan fingerprint density at radius 2 is 2.17 bits per heavy atom. The SMILES string of the molecule is CCc1c(C)sc2nc(-c3ccccc3OC)c(/C=C/C(=O)O)n12.